The van der Waals surface area contributed by atoms with Crippen LogP contribution in [0.25, 0.3) is 11.3 Å². The molecule has 0 bridgehead atoms. The fraction of sp³-hybridized carbons (Fsp3) is 0.370. The number of anilines is 2. The number of carbonyl (C=O) groups is 1. The van der Waals surface area contributed by atoms with Gasteiger partial charge in [0, 0.05) is 49.1 Å². The van der Waals surface area contributed by atoms with Gasteiger partial charge in [0.25, 0.3) is 5.56 Å². The number of aromatic nitrogens is 2. The summed E-state index contributed by atoms with van der Waals surface area (Å²) in [5, 5.41) is 7.47. The highest BCUT2D eigenvalue weighted by molar-refractivity contribution is 5.91. The molecule has 7 heteroatoms. The first kappa shape index (κ1) is 25.0. The molecule has 34 heavy (non-hydrogen) atoms. The number of aryl methyl sites for hydroxylation is 2. The van der Waals surface area contributed by atoms with Crippen LogP contribution in [0.2, 0.25) is 0 Å². The first-order chi connectivity index (χ1) is 16.4. The molecule has 0 aliphatic rings. The summed E-state index contributed by atoms with van der Waals surface area (Å²) in [7, 11) is 0. The van der Waals surface area contributed by atoms with E-state index in [4.69, 9.17) is 4.74 Å². The lowest BCUT2D eigenvalue weighted by molar-refractivity contribution is -0.116. The van der Waals surface area contributed by atoms with Crippen molar-refractivity contribution in [1.29, 1.82) is 0 Å². The average Bonchev–Trinajstić information content (AvgIpc) is 2.83. The molecule has 7 nitrogen and oxygen atoms in total. The maximum Gasteiger partial charge on any atom is 0.266 e. The van der Waals surface area contributed by atoms with Gasteiger partial charge >= 0.3 is 0 Å². The quantitative estimate of drug-likeness (QED) is 0.439. The lowest BCUT2D eigenvalue weighted by Crippen LogP contribution is -2.23. The molecule has 0 fully saturated rings. The second-order valence-corrected chi connectivity index (χ2v) is 8.06. The fourth-order valence-corrected chi connectivity index (χ4v) is 3.83. The van der Waals surface area contributed by atoms with Gasteiger partial charge in [0.2, 0.25) is 5.91 Å². The van der Waals surface area contributed by atoms with Crippen molar-refractivity contribution in [3.8, 4) is 17.0 Å². The first-order valence-corrected chi connectivity index (χ1v) is 11.9. The van der Waals surface area contributed by atoms with Crippen molar-refractivity contribution in [1.82, 2.24) is 9.78 Å². The van der Waals surface area contributed by atoms with Crippen molar-refractivity contribution in [3.63, 3.8) is 0 Å². The SMILES string of the molecule is CCOc1ccc(-c2ccc(=O)n(CCCC(=O)Nc3ccc(N(CC)CC)cc3C)n2)cc1. The summed E-state index contributed by atoms with van der Waals surface area (Å²) in [6, 6.07) is 16.9. The van der Waals surface area contributed by atoms with Crippen LogP contribution < -0.4 is 20.5 Å². The van der Waals surface area contributed by atoms with Crippen molar-refractivity contribution >= 4 is 17.3 Å². The van der Waals surface area contributed by atoms with E-state index >= 15 is 0 Å². The van der Waals surface area contributed by atoms with Gasteiger partial charge in [-0.25, -0.2) is 4.68 Å². The zero-order chi connectivity index (χ0) is 24.5. The van der Waals surface area contributed by atoms with E-state index in [-0.39, 0.29) is 11.5 Å². The van der Waals surface area contributed by atoms with E-state index in [1.165, 1.54) is 10.7 Å². The highest BCUT2D eigenvalue weighted by Gasteiger charge is 2.09. The lowest BCUT2D eigenvalue weighted by atomic mass is 10.1. The van der Waals surface area contributed by atoms with Crippen LogP contribution in [-0.2, 0) is 11.3 Å². The topological polar surface area (TPSA) is 76.5 Å². The third kappa shape index (κ3) is 6.47. The Labute approximate surface area is 201 Å². The van der Waals surface area contributed by atoms with Crippen molar-refractivity contribution in [3.05, 3.63) is 70.5 Å². The van der Waals surface area contributed by atoms with Crippen LogP contribution in [0.3, 0.4) is 0 Å². The van der Waals surface area contributed by atoms with E-state index < -0.39 is 0 Å². The zero-order valence-corrected chi connectivity index (χ0v) is 20.5. The van der Waals surface area contributed by atoms with E-state index in [0.29, 0.717) is 31.7 Å². The lowest BCUT2D eigenvalue weighted by Gasteiger charge is -2.22. The molecule has 2 aromatic carbocycles. The molecular formula is C27H34N4O3. The van der Waals surface area contributed by atoms with Crippen LogP contribution in [0.1, 0.15) is 39.2 Å². The largest absolute Gasteiger partial charge is 0.494 e. The van der Waals surface area contributed by atoms with E-state index in [1.807, 2.05) is 50.2 Å². The Morgan fingerprint density at radius 1 is 1.03 bits per heavy atom. The van der Waals surface area contributed by atoms with Crippen molar-refractivity contribution in [2.45, 2.75) is 47.1 Å². The standard InChI is InChI=1S/C27H34N4O3/c1-5-30(6-2)22-12-15-24(20(4)19-22)28-26(32)9-8-18-31-27(33)17-16-25(29-31)21-10-13-23(14-11-21)34-7-3/h10-17,19H,5-9,18H2,1-4H3,(H,28,32). The molecule has 180 valence electrons. The summed E-state index contributed by atoms with van der Waals surface area (Å²) in [5.41, 5.74) is 4.42. The molecule has 0 unspecified atom stereocenters. The molecule has 0 saturated carbocycles. The molecule has 1 amide bonds. The molecule has 1 aromatic heterocycles. The Balaban J connectivity index is 1.58. The maximum atomic E-state index is 12.5. The number of carbonyl (C=O) groups excluding carboxylic acids is 1. The van der Waals surface area contributed by atoms with E-state index in [9.17, 15) is 9.59 Å². The van der Waals surface area contributed by atoms with Crippen LogP contribution in [0.5, 0.6) is 5.75 Å². The van der Waals surface area contributed by atoms with Gasteiger partial charge in [0.15, 0.2) is 0 Å². The van der Waals surface area contributed by atoms with Gasteiger partial charge in [-0.15, -0.1) is 0 Å². The monoisotopic (exact) mass is 462 g/mol. The predicted octanol–water partition coefficient (Wildman–Crippen LogP) is 4.88. The summed E-state index contributed by atoms with van der Waals surface area (Å²) in [6.45, 7) is 11.1. The Hall–Kier alpha value is -3.61. The number of ether oxygens (including phenoxy) is 1. The number of rotatable bonds is 11. The number of hydrogen-bond donors (Lipinski definition) is 1. The molecule has 1 N–H and O–H groups in total. The minimum absolute atomic E-state index is 0.0746. The van der Waals surface area contributed by atoms with Crippen LogP contribution >= 0.6 is 0 Å². The summed E-state index contributed by atoms with van der Waals surface area (Å²) >= 11 is 0. The molecule has 0 aliphatic carbocycles. The van der Waals surface area contributed by atoms with Crippen LogP contribution in [0.15, 0.2) is 59.4 Å². The predicted molar refractivity (Wildman–Crippen MR) is 138 cm³/mol. The normalized spacial score (nSPS) is 10.7. The third-order valence-electron chi connectivity index (χ3n) is 5.71. The van der Waals surface area contributed by atoms with Crippen LogP contribution in [-0.4, -0.2) is 35.4 Å². The summed E-state index contributed by atoms with van der Waals surface area (Å²) < 4.78 is 6.90. The Bertz CT molecular complexity index is 1150. The van der Waals surface area contributed by atoms with E-state index in [1.54, 1.807) is 6.07 Å². The third-order valence-corrected chi connectivity index (χ3v) is 5.71. The molecular weight excluding hydrogens is 428 g/mol. The number of hydrogen-bond acceptors (Lipinski definition) is 5. The van der Waals surface area contributed by atoms with Crippen molar-refractivity contribution in [2.75, 3.05) is 29.9 Å². The molecule has 0 aliphatic heterocycles. The zero-order valence-electron chi connectivity index (χ0n) is 20.5. The van der Waals surface area contributed by atoms with E-state index in [0.717, 1.165) is 41.3 Å². The molecule has 0 radical (unpaired) electrons. The first-order valence-electron chi connectivity index (χ1n) is 11.9. The number of nitrogens with one attached hydrogen (secondary N) is 1. The molecule has 3 aromatic rings. The van der Waals surface area contributed by atoms with Gasteiger partial charge in [-0.3, -0.25) is 9.59 Å². The van der Waals surface area contributed by atoms with Crippen molar-refractivity contribution in [2.24, 2.45) is 0 Å². The fourth-order valence-electron chi connectivity index (χ4n) is 3.83. The summed E-state index contributed by atoms with van der Waals surface area (Å²) in [4.78, 5) is 27.0. The molecule has 1 heterocycles. The van der Waals surface area contributed by atoms with Crippen molar-refractivity contribution < 1.29 is 9.53 Å². The average molecular weight is 463 g/mol. The van der Waals surface area contributed by atoms with Crippen LogP contribution in [0, 0.1) is 6.92 Å². The smallest absolute Gasteiger partial charge is 0.266 e. The second-order valence-electron chi connectivity index (χ2n) is 8.06. The molecule has 0 atom stereocenters. The number of nitrogens with zero attached hydrogens (tertiary/aromatic N) is 3. The minimum Gasteiger partial charge on any atom is -0.494 e. The molecule has 3 rings (SSSR count). The van der Waals surface area contributed by atoms with Gasteiger partial charge in [0.1, 0.15) is 5.75 Å². The maximum absolute atomic E-state index is 12.5. The van der Waals surface area contributed by atoms with Gasteiger partial charge in [-0.05, 0) is 88.2 Å². The molecule has 0 saturated heterocycles. The van der Waals surface area contributed by atoms with Gasteiger partial charge in [0.05, 0.1) is 12.3 Å². The Morgan fingerprint density at radius 2 is 1.76 bits per heavy atom. The second kappa shape index (κ2) is 12.0. The van der Waals surface area contributed by atoms with Gasteiger partial charge < -0.3 is 15.0 Å². The number of benzene rings is 2. The van der Waals surface area contributed by atoms with E-state index in [2.05, 4.69) is 35.2 Å². The minimum atomic E-state index is -0.182. The Morgan fingerprint density at radius 3 is 2.41 bits per heavy atom. The summed E-state index contributed by atoms with van der Waals surface area (Å²) in [5.74, 6) is 0.720. The van der Waals surface area contributed by atoms with Gasteiger partial charge in [-0.2, -0.15) is 5.10 Å². The highest BCUT2D eigenvalue weighted by Crippen LogP contribution is 2.23. The van der Waals surface area contributed by atoms with Gasteiger partial charge in [-0.1, -0.05) is 0 Å². The highest BCUT2D eigenvalue weighted by atomic mass is 16.5. The Kier molecular flexibility index (Phi) is 8.85. The van der Waals surface area contributed by atoms with Crippen LogP contribution in [0.4, 0.5) is 11.4 Å². The summed E-state index contributed by atoms with van der Waals surface area (Å²) in [6.07, 6.45) is 0.820. The molecule has 0 spiro atoms. The number of amides is 1.